The maximum absolute atomic E-state index is 13.1. The van der Waals surface area contributed by atoms with Crippen LogP contribution in [0.25, 0.3) is 0 Å². The number of hydrogen-bond acceptors (Lipinski definition) is 4. The molecule has 1 N–H and O–H groups in total. The number of benzene rings is 1. The van der Waals surface area contributed by atoms with Gasteiger partial charge in [-0.05, 0) is 6.07 Å². The molecule has 1 aromatic carbocycles. The largest absolute Gasteiger partial charge is 0.496 e. The lowest BCUT2D eigenvalue weighted by atomic mass is 10.1. The molecule has 1 atom stereocenters. The van der Waals surface area contributed by atoms with Gasteiger partial charge in [0.25, 0.3) is 0 Å². The minimum atomic E-state index is -1.56. The molecule has 0 aliphatic carbocycles. The molecular formula is C10H10ClFO4. The summed E-state index contributed by atoms with van der Waals surface area (Å²) >= 11 is 5.54. The van der Waals surface area contributed by atoms with Crippen LogP contribution < -0.4 is 4.74 Å². The molecule has 16 heavy (non-hydrogen) atoms. The van der Waals surface area contributed by atoms with Crippen LogP contribution in [0.3, 0.4) is 0 Å². The lowest BCUT2D eigenvalue weighted by molar-refractivity contribution is -0.150. The number of carbonyl (C=O) groups is 1. The van der Waals surface area contributed by atoms with E-state index in [4.69, 9.17) is 16.3 Å². The molecule has 0 bridgehead atoms. The van der Waals surface area contributed by atoms with E-state index in [0.29, 0.717) is 0 Å². The Morgan fingerprint density at radius 2 is 2.12 bits per heavy atom. The summed E-state index contributed by atoms with van der Waals surface area (Å²) in [4.78, 5) is 11.1. The highest BCUT2D eigenvalue weighted by Gasteiger charge is 2.23. The summed E-state index contributed by atoms with van der Waals surface area (Å²) in [5.74, 6) is -1.54. The number of aliphatic hydroxyl groups is 1. The molecule has 0 amide bonds. The third-order valence-corrected chi connectivity index (χ3v) is 2.28. The zero-order chi connectivity index (χ0) is 12.3. The minimum absolute atomic E-state index is 0.0276. The van der Waals surface area contributed by atoms with E-state index in [9.17, 15) is 14.3 Å². The van der Waals surface area contributed by atoms with Crippen molar-refractivity contribution in [2.24, 2.45) is 0 Å². The number of aliphatic hydroxyl groups excluding tert-OH is 1. The fourth-order valence-corrected chi connectivity index (χ4v) is 1.35. The molecule has 0 aliphatic heterocycles. The molecule has 0 aliphatic rings. The van der Waals surface area contributed by atoms with Gasteiger partial charge in [0.1, 0.15) is 11.6 Å². The summed E-state index contributed by atoms with van der Waals surface area (Å²) in [5, 5.41) is 9.37. The van der Waals surface area contributed by atoms with E-state index in [-0.39, 0.29) is 16.3 Å². The van der Waals surface area contributed by atoms with Gasteiger partial charge in [0.05, 0.1) is 19.2 Å². The van der Waals surface area contributed by atoms with Gasteiger partial charge in [-0.3, -0.25) is 0 Å². The van der Waals surface area contributed by atoms with Crippen LogP contribution in [0.1, 0.15) is 11.7 Å². The van der Waals surface area contributed by atoms with Crippen LogP contribution in [0.2, 0.25) is 5.02 Å². The number of carbonyl (C=O) groups excluding carboxylic acids is 1. The van der Waals surface area contributed by atoms with Crippen LogP contribution in [0, 0.1) is 5.82 Å². The van der Waals surface area contributed by atoms with Crippen molar-refractivity contribution in [2.75, 3.05) is 14.2 Å². The Morgan fingerprint density at radius 1 is 1.50 bits per heavy atom. The predicted molar refractivity (Wildman–Crippen MR) is 54.9 cm³/mol. The molecule has 0 aromatic heterocycles. The summed E-state index contributed by atoms with van der Waals surface area (Å²) in [5.41, 5.74) is 0.0563. The fourth-order valence-electron chi connectivity index (χ4n) is 1.17. The molecular weight excluding hydrogens is 239 g/mol. The number of ether oxygens (including phenoxy) is 2. The molecule has 6 heteroatoms. The van der Waals surface area contributed by atoms with Crippen LogP contribution in [0.5, 0.6) is 5.75 Å². The van der Waals surface area contributed by atoms with Crippen LogP contribution >= 0.6 is 11.6 Å². The van der Waals surface area contributed by atoms with Crippen molar-refractivity contribution >= 4 is 17.6 Å². The Kier molecular flexibility index (Phi) is 4.09. The lowest BCUT2D eigenvalue weighted by Gasteiger charge is -2.13. The summed E-state index contributed by atoms with van der Waals surface area (Å²) in [6.45, 7) is 0. The maximum Gasteiger partial charge on any atom is 0.339 e. The molecule has 1 unspecified atom stereocenters. The highest BCUT2D eigenvalue weighted by molar-refractivity contribution is 6.30. The number of hydrogen-bond donors (Lipinski definition) is 1. The first kappa shape index (κ1) is 12.7. The van der Waals surface area contributed by atoms with Gasteiger partial charge in [-0.15, -0.1) is 0 Å². The van der Waals surface area contributed by atoms with Crippen molar-refractivity contribution in [3.63, 3.8) is 0 Å². The molecule has 88 valence electrons. The van der Waals surface area contributed by atoms with Crippen molar-refractivity contribution < 1.29 is 23.8 Å². The predicted octanol–water partition coefficient (Wildman–Crippen LogP) is 1.69. The second-order valence-electron chi connectivity index (χ2n) is 2.93. The quantitative estimate of drug-likeness (QED) is 0.827. The Balaban J connectivity index is 3.21. The maximum atomic E-state index is 13.1. The summed E-state index contributed by atoms with van der Waals surface area (Å²) < 4.78 is 22.3. The van der Waals surface area contributed by atoms with Gasteiger partial charge in [0.2, 0.25) is 0 Å². The van der Waals surface area contributed by atoms with Gasteiger partial charge in [-0.2, -0.15) is 0 Å². The van der Waals surface area contributed by atoms with Crippen LogP contribution in [-0.2, 0) is 9.53 Å². The molecule has 0 fully saturated rings. The summed E-state index contributed by atoms with van der Waals surface area (Å²) in [6.07, 6.45) is -1.56. The van der Waals surface area contributed by atoms with Crippen LogP contribution in [0.15, 0.2) is 12.1 Å². The van der Waals surface area contributed by atoms with Crippen LogP contribution in [-0.4, -0.2) is 25.3 Å². The first-order valence-corrected chi connectivity index (χ1v) is 4.68. The number of methoxy groups -OCH3 is 2. The normalized spacial score (nSPS) is 12.1. The van der Waals surface area contributed by atoms with E-state index in [0.717, 1.165) is 19.2 Å². The third-order valence-electron chi connectivity index (χ3n) is 1.99. The second kappa shape index (κ2) is 5.14. The van der Waals surface area contributed by atoms with E-state index >= 15 is 0 Å². The fraction of sp³-hybridized carbons (Fsp3) is 0.300. The lowest BCUT2D eigenvalue weighted by Crippen LogP contribution is -2.14. The molecule has 0 heterocycles. The molecule has 1 aromatic rings. The highest BCUT2D eigenvalue weighted by atomic mass is 35.5. The van der Waals surface area contributed by atoms with Gasteiger partial charge >= 0.3 is 5.97 Å². The average Bonchev–Trinajstić information content (AvgIpc) is 2.30. The van der Waals surface area contributed by atoms with Gasteiger partial charge in [-0.1, -0.05) is 11.6 Å². The Labute approximate surface area is 96.5 Å². The standard InChI is InChI=1S/C10H10ClFO4/c1-15-8-4-7(12)6(11)3-5(8)9(13)10(14)16-2/h3-4,9,13H,1-2H3. The molecule has 0 saturated heterocycles. The van der Waals surface area contributed by atoms with Gasteiger partial charge in [0.15, 0.2) is 6.10 Å². The number of esters is 1. The van der Waals surface area contributed by atoms with Crippen molar-refractivity contribution in [1.82, 2.24) is 0 Å². The van der Waals surface area contributed by atoms with E-state index in [1.165, 1.54) is 7.11 Å². The van der Waals surface area contributed by atoms with E-state index in [2.05, 4.69) is 4.74 Å². The Morgan fingerprint density at radius 3 is 2.62 bits per heavy atom. The summed E-state index contributed by atoms with van der Waals surface area (Å²) in [7, 11) is 2.42. The Bertz CT molecular complexity index is 408. The molecule has 0 radical (unpaired) electrons. The third kappa shape index (κ3) is 2.43. The summed E-state index contributed by atoms with van der Waals surface area (Å²) in [6, 6.07) is 2.11. The second-order valence-corrected chi connectivity index (χ2v) is 3.34. The number of halogens is 2. The topological polar surface area (TPSA) is 55.8 Å². The van der Waals surface area contributed by atoms with Crippen molar-refractivity contribution in [3.05, 3.63) is 28.5 Å². The highest BCUT2D eigenvalue weighted by Crippen LogP contribution is 2.31. The van der Waals surface area contributed by atoms with Crippen LogP contribution in [0.4, 0.5) is 4.39 Å². The first-order chi connectivity index (χ1) is 7.51. The van der Waals surface area contributed by atoms with Gasteiger partial charge in [0, 0.05) is 11.6 Å². The van der Waals surface area contributed by atoms with E-state index in [1.807, 2.05) is 0 Å². The Hall–Kier alpha value is -1.33. The zero-order valence-electron chi connectivity index (χ0n) is 8.66. The van der Waals surface area contributed by atoms with E-state index in [1.54, 1.807) is 0 Å². The SMILES string of the molecule is COC(=O)C(O)c1cc(Cl)c(F)cc1OC. The van der Waals surface area contributed by atoms with Crippen molar-refractivity contribution in [2.45, 2.75) is 6.10 Å². The molecule has 1 rings (SSSR count). The zero-order valence-corrected chi connectivity index (χ0v) is 9.42. The molecule has 4 nitrogen and oxygen atoms in total. The van der Waals surface area contributed by atoms with E-state index < -0.39 is 17.9 Å². The number of rotatable bonds is 3. The molecule has 0 saturated carbocycles. The minimum Gasteiger partial charge on any atom is -0.496 e. The van der Waals surface area contributed by atoms with Crippen molar-refractivity contribution in [3.8, 4) is 5.75 Å². The molecule has 0 spiro atoms. The van der Waals surface area contributed by atoms with Crippen molar-refractivity contribution in [1.29, 1.82) is 0 Å². The van der Waals surface area contributed by atoms with Gasteiger partial charge in [-0.25, -0.2) is 9.18 Å². The van der Waals surface area contributed by atoms with Gasteiger partial charge < -0.3 is 14.6 Å². The smallest absolute Gasteiger partial charge is 0.339 e. The monoisotopic (exact) mass is 248 g/mol. The average molecular weight is 249 g/mol. The first-order valence-electron chi connectivity index (χ1n) is 4.30.